The van der Waals surface area contributed by atoms with E-state index < -0.39 is 17.7 Å². The van der Waals surface area contributed by atoms with E-state index in [2.05, 4.69) is 31.2 Å². The second-order valence-corrected chi connectivity index (χ2v) is 12.2. The Hall–Kier alpha value is -7.16. The summed E-state index contributed by atoms with van der Waals surface area (Å²) in [5.74, 6) is -1.02. The van der Waals surface area contributed by atoms with Crippen LogP contribution in [0.25, 0.3) is 21.8 Å². The smallest absolute Gasteiger partial charge is 0.272 e. The van der Waals surface area contributed by atoms with E-state index in [0.717, 1.165) is 16.3 Å². The minimum Gasteiger partial charge on any atom is -0.473 e. The molecule has 0 aliphatic carbocycles. The van der Waals surface area contributed by atoms with Crippen LogP contribution >= 0.6 is 0 Å². The number of nitrogens with one attached hydrogen (secondary N) is 4. The number of benzene rings is 1. The van der Waals surface area contributed by atoms with Crippen molar-refractivity contribution in [1.29, 1.82) is 0 Å². The largest absolute Gasteiger partial charge is 0.473 e. The number of carbonyl (C=O) groups excluding carboxylic acids is 4. The Balaban J connectivity index is 0.965. The zero-order valence-electron chi connectivity index (χ0n) is 28.7. The Kier molecular flexibility index (Phi) is 8.74. The fourth-order valence-corrected chi connectivity index (χ4v) is 5.99. The molecular weight excluding hydrogens is 664 g/mol. The van der Waals surface area contributed by atoms with Crippen LogP contribution < -0.4 is 26.0 Å². The van der Waals surface area contributed by atoms with E-state index in [1.165, 1.54) is 0 Å². The summed E-state index contributed by atoms with van der Waals surface area (Å²) < 4.78 is 12.4. The van der Waals surface area contributed by atoms with Crippen LogP contribution in [-0.4, -0.2) is 58.6 Å². The van der Waals surface area contributed by atoms with Crippen LogP contribution in [0.15, 0.2) is 97.8 Å². The van der Waals surface area contributed by atoms with E-state index >= 15 is 0 Å². The number of amides is 4. The highest BCUT2D eigenvalue weighted by Gasteiger charge is 2.20. The van der Waals surface area contributed by atoms with Gasteiger partial charge in [0.2, 0.25) is 0 Å². The summed E-state index contributed by atoms with van der Waals surface area (Å²) >= 11 is 0. The van der Waals surface area contributed by atoms with Crippen LogP contribution in [0.5, 0.6) is 5.75 Å². The van der Waals surface area contributed by atoms with Crippen molar-refractivity contribution in [2.45, 2.75) is 0 Å². The van der Waals surface area contributed by atoms with Gasteiger partial charge in [-0.15, -0.1) is 0 Å². The number of carbonyl (C=O) groups is 4. The molecule has 7 rings (SSSR count). The van der Waals surface area contributed by atoms with Gasteiger partial charge in [-0.1, -0.05) is 6.07 Å². The van der Waals surface area contributed by atoms with Gasteiger partial charge in [0.1, 0.15) is 34.0 Å². The van der Waals surface area contributed by atoms with E-state index in [1.807, 2.05) is 30.3 Å². The fraction of sp³-hybridized carbons (Fsp3) is 0.135. The average molecular weight is 699 g/mol. The number of pyridine rings is 2. The second-order valence-electron chi connectivity index (χ2n) is 12.2. The highest BCUT2D eigenvalue weighted by Crippen LogP contribution is 2.31. The second kappa shape index (κ2) is 13.6. The van der Waals surface area contributed by atoms with Crippen molar-refractivity contribution in [1.82, 2.24) is 33.6 Å². The molecule has 15 heteroatoms. The predicted octanol–water partition coefficient (Wildman–Crippen LogP) is 4.66. The summed E-state index contributed by atoms with van der Waals surface area (Å²) in [6.07, 6.45) is 10.1. The van der Waals surface area contributed by atoms with Crippen LogP contribution in [0, 0.1) is 0 Å². The Morgan fingerprint density at radius 1 is 0.596 bits per heavy atom. The first-order valence-corrected chi connectivity index (χ1v) is 16.1. The molecule has 0 saturated carbocycles. The Bertz CT molecular complexity index is 2520. The molecule has 0 atom stereocenters. The third kappa shape index (κ3) is 6.57. The maximum absolute atomic E-state index is 13.3. The van der Waals surface area contributed by atoms with Crippen molar-refractivity contribution < 1.29 is 23.9 Å². The van der Waals surface area contributed by atoms with Crippen molar-refractivity contribution in [2.75, 3.05) is 22.7 Å². The number of nitrogens with zero attached hydrogens (tertiary/aromatic N) is 6. The number of aromatic nitrogens is 6. The number of rotatable bonds is 10. The van der Waals surface area contributed by atoms with Gasteiger partial charge in [0.05, 0.1) is 22.6 Å². The van der Waals surface area contributed by atoms with E-state index in [-0.39, 0.29) is 18.3 Å². The lowest BCUT2D eigenvalue weighted by molar-refractivity contribution is 0.0909. The number of aryl methyl sites for hydroxylation is 4. The first-order chi connectivity index (χ1) is 25.0. The van der Waals surface area contributed by atoms with Crippen molar-refractivity contribution in [3.63, 3.8) is 0 Å². The third-order valence-corrected chi connectivity index (χ3v) is 8.55. The van der Waals surface area contributed by atoms with Gasteiger partial charge in [-0.05, 0) is 54.6 Å². The van der Waals surface area contributed by atoms with Crippen molar-refractivity contribution >= 4 is 62.5 Å². The normalized spacial score (nSPS) is 11.1. The van der Waals surface area contributed by atoms with Gasteiger partial charge in [-0.25, -0.2) is 0 Å². The molecule has 0 radical (unpaired) electrons. The summed E-state index contributed by atoms with van der Waals surface area (Å²) in [6, 6.07) is 17.5. The average Bonchev–Trinajstić information content (AvgIpc) is 3.91. The number of anilines is 3. The standard InChI is InChI=1S/C37H34N10O5/c1-44-13-7-10-27(44)35(49)41-24-16-29(46(3)19-24)37(51)43-25-17-30(47(4)20-25)36(50)42-23-15-28(45(2)18-23)34(48)40-21-52-31-14-22-8-5-11-38-32(22)33-26(31)9-6-12-39-33/h5-20H,21H2,1-4H3,(H,40,48)(H,41,49)(H,42,50)(H,43,51). The summed E-state index contributed by atoms with van der Waals surface area (Å²) in [5.41, 5.74) is 4.08. The number of hydrogen-bond donors (Lipinski definition) is 4. The number of fused-ring (bicyclic) bond motifs is 3. The quantitative estimate of drug-likeness (QED) is 0.119. The van der Waals surface area contributed by atoms with Gasteiger partial charge >= 0.3 is 0 Å². The molecule has 0 spiro atoms. The summed E-state index contributed by atoms with van der Waals surface area (Å²) in [7, 11) is 6.84. The lowest BCUT2D eigenvalue weighted by Gasteiger charge is -2.12. The van der Waals surface area contributed by atoms with Crippen LogP contribution in [-0.2, 0) is 28.2 Å². The fourth-order valence-electron chi connectivity index (χ4n) is 5.99. The molecule has 52 heavy (non-hydrogen) atoms. The lowest BCUT2D eigenvalue weighted by atomic mass is 10.1. The molecule has 0 saturated heterocycles. The van der Waals surface area contributed by atoms with Crippen molar-refractivity contribution in [2.24, 2.45) is 28.2 Å². The molecule has 0 aliphatic rings. The lowest BCUT2D eigenvalue weighted by Crippen LogP contribution is -2.29. The molecule has 15 nitrogen and oxygen atoms in total. The molecule has 262 valence electrons. The van der Waals surface area contributed by atoms with Gasteiger partial charge in [-0.3, -0.25) is 29.1 Å². The minimum atomic E-state index is -0.445. The summed E-state index contributed by atoms with van der Waals surface area (Å²) in [6.45, 7) is -0.106. The Morgan fingerprint density at radius 3 is 1.67 bits per heavy atom. The summed E-state index contributed by atoms with van der Waals surface area (Å²) in [5, 5.41) is 12.8. The van der Waals surface area contributed by atoms with Crippen LogP contribution in [0.2, 0.25) is 0 Å². The molecule has 6 heterocycles. The van der Waals surface area contributed by atoms with Gasteiger partial charge in [0.25, 0.3) is 23.6 Å². The first-order valence-electron chi connectivity index (χ1n) is 16.1. The molecular formula is C37H34N10O5. The first kappa shape index (κ1) is 33.3. The summed E-state index contributed by atoms with van der Waals surface area (Å²) in [4.78, 5) is 61.1. The van der Waals surface area contributed by atoms with Crippen LogP contribution in [0.1, 0.15) is 42.0 Å². The third-order valence-electron chi connectivity index (χ3n) is 8.55. The molecule has 6 aromatic heterocycles. The van der Waals surface area contributed by atoms with Crippen molar-refractivity contribution in [3.8, 4) is 5.75 Å². The van der Waals surface area contributed by atoms with E-state index in [4.69, 9.17) is 4.74 Å². The molecule has 4 N–H and O–H groups in total. The highest BCUT2D eigenvalue weighted by atomic mass is 16.5. The minimum absolute atomic E-state index is 0.106. The SMILES string of the molecule is Cn1cc(NC(=O)c2cc(NC(=O)c3cc(NC(=O)c4cccn4C)cn3C)cn2C)cc1C(=O)NCOc1cc2cccnc2c2ncccc12. The highest BCUT2D eigenvalue weighted by molar-refractivity contribution is 6.09. The maximum Gasteiger partial charge on any atom is 0.272 e. The Labute approximate surface area is 296 Å². The molecule has 1 aromatic carbocycles. The van der Waals surface area contributed by atoms with Gasteiger partial charge in [-0.2, -0.15) is 0 Å². The van der Waals surface area contributed by atoms with Gasteiger partial charge in [0, 0.05) is 76.1 Å². The topological polar surface area (TPSA) is 171 Å². The molecule has 0 unspecified atom stereocenters. The molecule has 0 bridgehead atoms. The Morgan fingerprint density at radius 2 is 1.12 bits per heavy atom. The van der Waals surface area contributed by atoms with Crippen molar-refractivity contribution in [3.05, 3.63) is 121 Å². The van der Waals surface area contributed by atoms with E-state index in [9.17, 15) is 19.2 Å². The van der Waals surface area contributed by atoms with Gasteiger partial charge in [0.15, 0.2) is 6.73 Å². The molecule has 0 aliphatic heterocycles. The van der Waals surface area contributed by atoms with Gasteiger partial charge < -0.3 is 44.3 Å². The van der Waals surface area contributed by atoms with E-state index in [1.54, 1.807) is 114 Å². The van der Waals surface area contributed by atoms with E-state index in [0.29, 0.717) is 45.4 Å². The molecule has 0 fully saturated rings. The molecule has 7 aromatic rings. The number of ether oxygens (including phenoxy) is 1. The predicted molar refractivity (Wildman–Crippen MR) is 196 cm³/mol. The zero-order chi connectivity index (χ0) is 36.5. The maximum atomic E-state index is 13.3. The zero-order valence-corrected chi connectivity index (χ0v) is 28.7. The molecule has 4 amide bonds. The number of hydrogen-bond acceptors (Lipinski definition) is 7. The van der Waals surface area contributed by atoms with Crippen LogP contribution in [0.4, 0.5) is 17.1 Å². The monoisotopic (exact) mass is 698 g/mol. The van der Waals surface area contributed by atoms with Crippen LogP contribution in [0.3, 0.4) is 0 Å².